The summed E-state index contributed by atoms with van der Waals surface area (Å²) in [6, 6.07) is 21.4. The van der Waals surface area contributed by atoms with Crippen LogP contribution in [0.2, 0.25) is 0 Å². The summed E-state index contributed by atoms with van der Waals surface area (Å²) in [5.74, 6) is 0.0814. The maximum Gasteiger partial charge on any atom is 0.321 e. The van der Waals surface area contributed by atoms with Crippen LogP contribution in [0.4, 0.5) is 9.93 Å². The maximum atomic E-state index is 13.0. The van der Waals surface area contributed by atoms with E-state index >= 15 is 0 Å². The third-order valence-corrected chi connectivity index (χ3v) is 7.86. The molecule has 1 saturated heterocycles. The molecule has 3 amide bonds. The Morgan fingerprint density at radius 3 is 2.14 bits per heavy atom. The highest BCUT2D eigenvalue weighted by Gasteiger charge is 2.28. The van der Waals surface area contributed by atoms with Gasteiger partial charge in [-0.3, -0.25) is 15.0 Å². The maximum absolute atomic E-state index is 13.0. The smallest absolute Gasteiger partial charge is 0.321 e. The van der Waals surface area contributed by atoms with E-state index in [1.807, 2.05) is 22.4 Å². The normalized spacial score (nSPS) is 16.9. The van der Waals surface area contributed by atoms with Crippen molar-refractivity contribution < 1.29 is 9.59 Å². The molecule has 1 aromatic heterocycles. The fourth-order valence-corrected chi connectivity index (χ4v) is 5.92. The van der Waals surface area contributed by atoms with Crippen molar-refractivity contribution in [3.63, 3.8) is 0 Å². The fraction of sp³-hybridized carbons (Fsp3) is 0.393. The SMILES string of the molecule is O=C(Nc1nc(CC(=O)N2CCN(C(c3ccccc3)c3ccccc3)CC2)cs1)NC1CCCC1. The minimum absolute atomic E-state index is 0.0814. The third-order valence-electron chi connectivity index (χ3n) is 7.06. The molecule has 1 aliphatic carbocycles. The van der Waals surface area contributed by atoms with Crippen LogP contribution < -0.4 is 10.6 Å². The Morgan fingerprint density at radius 1 is 0.917 bits per heavy atom. The molecular formula is C28H33N5O2S. The number of anilines is 1. The molecule has 36 heavy (non-hydrogen) atoms. The van der Waals surface area contributed by atoms with Gasteiger partial charge in [0.2, 0.25) is 5.91 Å². The molecule has 0 atom stereocenters. The lowest BCUT2D eigenvalue weighted by molar-refractivity contribution is -0.132. The van der Waals surface area contributed by atoms with E-state index in [1.54, 1.807) is 0 Å². The summed E-state index contributed by atoms with van der Waals surface area (Å²) >= 11 is 1.36. The van der Waals surface area contributed by atoms with Crippen LogP contribution in [0.15, 0.2) is 66.0 Å². The zero-order valence-electron chi connectivity index (χ0n) is 20.4. The highest BCUT2D eigenvalue weighted by Crippen LogP contribution is 2.29. The van der Waals surface area contributed by atoms with Crippen molar-refractivity contribution in [3.8, 4) is 0 Å². The molecule has 0 unspecified atom stereocenters. The molecule has 2 aliphatic rings. The van der Waals surface area contributed by atoms with Gasteiger partial charge in [0.05, 0.1) is 18.2 Å². The Morgan fingerprint density at radius 2 is 1.53 bits per heavy atom. The van der Waals surface area contributed by atoms with E-state index in [0.29, 0.717) is 23.9 Å². The molecular weight excluding hydrogens is 470 g/mol. The molecule has 188 valence electrons. The van der Waals surface area contributed by atoms with Gasteiger partial charge in [-0.05, 0) is 24.0 Å². The number of benzene rings is 2. The molecule has 2 N–H and O–H groups in total. The van der Waals surface area contributed by atoms with Crippen molar-refractivity contribution in [2.24, 2.45) is 0 Å². The van der Waals surface area contributed by atoms with Crippen LogP contribution in [-0.4, -0.2) is 58.9 Å². The number of piperazine rings is 1. The summed E-state index contributed by atoms with van der Waals surface area (Å²) in [6.07, 6.45) is 4.67. The number of carbonyl (C=O) groups is 2. The second kappa shape index (κ2) is 11.7. The molecule has 8 heteroatoms. The lowest BCUT2D eigenvalue weighted by Crippen LogP contribution is -2.50. The van der Waals surface area contributed by atoms with Crippen LogP contribution in [0, 0.1) is 0 Å². The fourth-order valence-electron chi connectivity index (χ4n) is 5.22. The topological polar surface area (TPSA) is 77.6 Å². The number of amides is 3. The number of thiazole rings is 1. The Kier molecular flexibility index (Phi) is 7.93. The van der Waals surface area contributed by atoms with Crippen LogP contribution in [-0.2, 0) is 11.2 Å². The minimum Gasteiger partial charge on any atom is -0.340 e. The summed E-state index contributed by atoms with van der Waals surface area (Å²) in [6.45, 7) is 3.00. The highest BCUT2D eigenvalue weighted by molar-refractivity contribution is 7.13. The Labute approximate surface area is 216 Å². The van der Waals surface area contributed by atoms with Gasteiger partial charge in [0.15, 0.2) is 5.13 Å². The molecule has 2 heterocycles. The average Bonchev–Trinajstić information content (AvgIpc) is 3.58. The molecule has 2 fully saturated rings. The largest absolute Gasteiger partial charge is 0.340 e. The Bertz CT molecular complexity index is 1100. The van der Waals surface area contributed by atoms with Gasteiger partial charge in [0.25, 0.3) is 0 Å². The number of hydrogen-bond donors (Lipinski definition) is 2. The van der Waals surface area contributed by atoms with Gasteiger partial charge in [-0.1, -0.05) is 73.5 Å². The Balaban J connectivity index is 1.15. The van der Waals surface area contributed by atoms with Crippen LogP contribution in [0.5, 0.6) is 0 Å². The average molecular weight is 504 g/mol. The number of urea groups is 1. The van der Waals surface area contributed by atoms with Crippen LogP contribution in [0.25, 0.3) is 0 Å². The second-order valence-electron chi connectivity index (χ2n) is 9.54. The van der Waals surface area contributed by atoms with Gasteiger partial charge in [-0.15, -0.1) is 11.3 Å². The van der Waals surface area contributed by atoms with Gasteiger partial charge >= 0.3 is 6.03 Å². The highest BCUT2D eigenvalue weighted by atomic mass is 32.1. The van der Waals surface area contributed by atoms with Crippen LogP contribution >= 0.6 is 11.3 Å². The third kappa shape index (κ3) is 6.12. The van der Waals surface area contributed by atoms with Crippen molar-refractivity contribution in [2.75, 3.05) is 31.5 Å². The molecule has 2 aromatic carbocycles. The first kappa shape index (κ1) is 24.5. The summed E-state index contributed by atoms with van der Waals surface area (Å²) in [5, 5.41) is 8.22. The molecule has 0 radical (unpaired) electrons. The van der Waals surface area contributed by atoms with E-state index in [2.05, 4.69) is 69.0 Å². The first-order valence-corrected chi connectivity index (χ1v) is 13.7. The zero-order valence-corrected chi connectivity index (χ0v) is 21.3. The quantitative estimate of drug-likeness (QED) is 0.491. The summed E-state index contributed by atoms with van der Waals surface area (Å²) in [4.78, 5) is 34.1. The van der Waals surface area contributed by atoms with Crippen molar-refractivity contribution in [2.45, 2.75) is 44.2 Å². The summed E-state index contributed by atoms with van der Waals surface area (Å²) < 4.78 is 0. The van der Waals surface area contributed by atoms with E-state index < -0.39 is 0 Å². The minimum atomic E-state index is -0.211. The standard InChI is InChI=1S/C28H33N5O2S/c34-25(19-24-20-36-28(30-24)31-27(35)29-23-13-7-8-14-23)32-15-17-33(18-16-32)26(21-9-3-1-4-10-21)22-11-5-2-6-12-22/h1-6,9-12,20,23,26H,7-8,13-19H2,(H2,29,30,31,35). The second-order valence-corrected chi connectivity index (χ2v) is 10.4. The lowest BCUT2D eigenvalue weighted by Gasteiger charge is -2.39. The number of hydrogen-bond acceptors (Lipinski definition) is 5. The van der Waals surface area contributed by atoms with Gasteiger partial charge < -0.3 is 10.2 Å². The monoisotopic (exact) mass is 503 g/mol. The van der Waals surface area contributed by atoms with Crippen molar-refractivity contribution in [3.05, 3.63) is 82.9 Å². The molecule has 0 bridgehead atoms. The molecule has 1 aliphatic heterocycles. The molecule has 1 saturated carbocycles. The van der Waals surface area contributed by atoms with E-state index in [1.165, 1.54) is 35.3 Å². The zero-order chi connectivity index (χ0) is 24.7. The number of nitrogens with one attached hydrogen (secondary N) is 2. The van der Waals surface area contributed by atoms with Crippen molar-refractivity contribution in [1.82, 2.24) is 20.1 Å². The first-order chi connectivity index (χ1) is 17.7. The van der Waals surface area contributed by atoms with Gasteiger partial charge in [0.1, 0.15) is 0 Å². The molecule has 5 rings (SSSR count). The first-order valence-electron chi connectivity index (χ1n) is 12.8. The van der Waals surface area contributed by atoms with E-state index in [4.69, 9.17) is 0 Å². The summed E-state index contributed by atoms with van der Waals surface area (Å²) in [7, 11) is 0. The van der Waals surface area contributed by atoms with Gasteiger partial charge in [0, 0.05) is 37.6 Å². The van der Waals surface area contributed by atoms with Gasteiger partial charge in [-0.2, -0.15) is 0 Å². The van der Waals surface area contributed by atoms with Crippen LogP contribution in [0.1, 0.15) is 48.5 Å². The van der Waals surface area contributed by atoms with Crippen molar-refractivity contribution in [1.29, 1.82) is 0 Å². The number of rotatable bonds is 7. The molecule has 7 nitrogen and oxygen atoms in total. The summed E-state index contributed by atoms with van der Waals surface area (Å²) in [5.41, 5.74) is 3.24. The van der Waals surface area contributed by atoms with E-state index in [-0.39, 0.29) is 30.4 Å². The predicted molar refractivity (Wildman–Crippen MR) is 143 cm³/mol. The Hall–Kier alpha value is -3.23. The predicted octanol–water partition coefficient (Wildman–Crippen LogP) is 4.68. The number of carbonyl (C=O) groups excluding carboxylic acids is 2. The van der Waals surface area contributed by atoms with E-state index in [9.17, 15) is 9.59 Å². The van der Waals surface area contributed by atoms with E-state index in [0.717, 1.165) is 25.9 Å². The van der Waals surface area contributed by atoms with Gasteiger partial charge in [-0.25, -0.2) is 9.78 Å². The molecule has 0 spiro atoms. The van der Waals surface area contributed by atoms with Crippen LogP contribution in [0.3, 0.4) is 0 Å². The number of nitrogens with zero attached hydrogens (tertiary/aromatic N) is 3. The number of aromatic nitrogens is 1. The molecule has 3 aromatic rings. The lowest BCUT2D eigenvalue weighted by atomic mass is 9.96. The van der Waals surface area contributed by atoms with Crippen molar-refractivity contribution >= 4 is 28.4 Å².